The number of unbranched alkanes of at least 4 members (excludes halogenated alkanes) is 3. The molecule has 1 saturated heterocycles. The normalized spacial score (nSPS) is 15.4. The summed E-state index contributed by atoms with van der Waals surface area (Å²) in [6.07, 6.45) is 6.87. The Balaban J connectivity index is 1.84. The summed E-state index contributed by atoms with van der Waals surface area (Å²) in [4.78, 5) is 11.2. The molecule has 0 bridgehead atoms. The smallest absolute Gasteiger partial charge is 0.191 e. The number of hydrogen-bond acceptors (Lipinski definition) is 4. The molecule has 1 aromatic heterocycles. The quantitative estimate of drug-likeness (QED) is 0.434. The zero-order valence-corrected chi connectivity index (χ0v) is 15.1. The Bertz CT molecular complexity index is 500. The SMILES string of the molecule is CCCCCCNC(=NC)NCc1cccnc1N1CCOCC1. The molecule has 6 nitrogen and oxygen atoms in total. The molecule has 0 saturated carbocycles. The van der Waals surface area contributed by atoms with Crippen LogP contribution in [-0.2, 0) is 11.3 Å². The Kier molecular flexibility index (Phi) is 8.38. The molecule has 1 fully saturated rings. The van der Waals surface area contributed by atoms with Crippen molar-refractivity contribution < 1.29 is 4.74 Å². The Labute approximate surface area is 145 Å². The van der Waals surface area contributed by atoms with Gasteiger partial charge in [-0.05, 0) is 12.5 Å². The van der Waals surface area contributed by atoms with Crippen molar-refractivity contribution in [3.63, 3.8) is 0 Å². The lowest BCUT2D eigenvalue weighted by Gasteiger charge is -2.29. The molecule has 24 heavy (non-hydrogen) atoms. The van der Waals surface area contributed by atoms with Crippen LogP contribution in [0.1, 0.15) is 38.2 Å². The number of hydrogen-bond donors (Lipinski definition) is 2. The van der Waals surface area contributed by atoms with Crippen molar-refractivity contribution in [1.82, 2.24) is 15.6 Å². The van der Waals surface area contributed by atoms with E-state index < -0.39 is 0 Å². The van der Waals surface area contributed by atoms with Crippen LogP contribution >= 0.6 is 0 Å². The minimum Gasteiger partial charge on any atom is -0.378 e. The van der Waals surface area contributed by atoms with E-state index in [-0.39, 0.29) is 0 Å². The Hall–Kier alpha value is -1.82. The van der Waals surface area contributed by atoms with Gasteiger partial charge in [0.05, 0.1) is 13.2 Å². The van der Waals surface area contributed by atoms with Crippen LogP contribution in [0.2, 0.25) is 0 Å². The Morgan fingerprint density at radius 2 is 2.08 bits per heavy atom. The fraction of sp³-hybridized carbons (Fsp3) is 0.667. The van der Waals surface area contributed by atoms with Crippen molar-refractivity contribution >= 4 is 11.8 Å². The molecular formula is C18H31N5O. The second kappa shape index (κ2) is 10.9. The van der Waals surface area contributed by atoms with Crippen molar-refractivity contribution in [2.24, 2.45) is 4.99 Å². The maximum atomic E-state index is 5.43. The van der Waals surface area contributed by atoms with Crippen LogP contribution in [0.5, 0.6) is 0 Å². The molecule has 0 amide bonds. The van der Waals surface area contributed by atoms with E-state index in [4.69, 9.17) is 4.74 Å². The molecule has 1 aromatic rings. The van der Waals surface area contributed by atoms with Crippen LogP contribution in [0, 0.1) is 0 Å². The number of morpholine rings is 1. The third-order valence-corrected chi connectivity index (χ3v) is 4.17. The van der Waals surface area contributed by atoms with Gasteiger partial charge in [0.1, 0.15) is 5.82 Å². The van der Waals surface area contributed by atoms with Crippen LogP contribution in [-0.4, -0.2) is 50.8 Å². The van der Waals surface area contributed by atoms with Crippen LogP contribution in [0.25, 0.3) is 0 Å². The van der Waals surface area contributed by atoms with Crippen molar-refractivity contribution in [2.75, 3.05) is 44.8 Å². The van der Waals surface area contributed by atoms with Crippen molar-refractivity contribution in [1.29, 1.82) is 0 Å². The van der Waals surface area contributed by atoms with E-state index in [1.54, 1.807) is 0 Å². The minimum atomic E-state index is 0.717. The van der Waals surface area contributed by atoms with Gasteiger partial charge in [0, 0.05) is 45.0 Å². The van der Waals surface area contributed by atoms with E-state index in [1.807, 2.05) is 19.3 Å². The highest BCUT2D eigenvalue weighted by molar-refractivity contribution is 5.79. The third kappa shape index (κ3) is 6.00. The van der Waals surface area contributed by atoms with Gasteiger partial charge in [0.25, 0.3) is 0 Å². The average molecular weight is 333 g/mol. The first kappa shape index (κ1) is 18.5. The second-order valence-electron chi connectivity index (χ2n) is 6.00. The molecule has 2 heterocycles. The maximum Gasteiger partial charge on any atom is 0.191 e. The largest absolute Gasteiger partial charge is 0.378 e. The van der Waals surface area contributed by atoms with Gasteiger partial charge in [0.2, 0.25) is 0 Å². The molecule has 1 aliphatic heterocycles. The van der Waals surface area contributed by atoms with Crippen LogP contribution in [0.15, 0.2) is 23.3 Å². The standard InChI is InChI=1S/C18H31N5O/c1-3-4-5-6-9-21-18(19-2)22-15-16-8-7-10-20-17(16)23-11-13-24-14-12-23/h7-8,10H,3-6,9,11-15H2,1-2H3,(H2,19,21,22). The van der Waals surface area contributed by atoms with Gasteiger partial charge in [0.15, 0.2) is 5.96 Å². The van der Waals surface area contributed by atoms with Gasteiger partial charge in [-0.1, -0.05) is 32.3 Å². The highest BCUT2D eigenvalue weighted by Crippen LogP contribution is 2.18. The number of guanidine groups is 1. The first-order valence-electron chi connectivity index (χ1n) is 9.06. The number of nitrogens with zero attached hydrogens (tertiary/aromatic N) is 3. The molecule has 134 valence electrons. The number of ether oxygens (including phenoxy) is 1. The third-order valence-electron chi connectivity index (χ3n) is 4.17. The number of rotatable bonds is 8. The summed E-state index contributed by atoms with van der Waals surface area (Å²) in [7, 11) is 1.81. The number of nitrogens with one attached hydrogen (secondary N) is 2. The highest BCUT2D eigenvalue weighted by Gasteiger charge is 2.15. The molecule has 6 heteroatoms. The maximum absolute atomic E-state index is 5.43. The van der Waals surface area contributed by atoms with Gasteiger partial charge >= 0.3 is 0 Å². The van der Waals surface area contributed by atoms with E-state index in [2.05, 4.69) is 38.5 Å². The zero-order chi connectivity index (χ0) is 17.0. The Morgan fingerprint density at radius 3 is 2.83 bits per heavy atom. The monoisotopic (exact) mass is 333 g/mol. The molecule has 2 rings (SSSR count). The van der Waals surface area contributed by atoms with E-state index in [1.165, 1.54) is 31.2 Å². The lowest BCUT2D eigenvalue weighted by atomic mass is 10.2. The molecule has 0 aromatic carbocycles. The lowest BCUT2D eigenvalue weighted by molar-refractivity contribution is 0.122. The van der Waals surface area contributed by atoms with Crippen LogP contribution < -0.4 is 15.5 Å². The van der Waals surface area contributed by atoms with Crippen LogP contribution in [0.3, 0.4) is 0 Å². The summed E-state index contributed by atoms with van der Waals surface area (Å²) in [6.45, 7) is 7.24. The minimum absolute atomic E-state index is 0.717. The van der Waals surface area contributed by atoms with E-state index in [0.717, 1.165) is 51.2 Å². The molecule has 1 aliphatic rings. The van der Waals surface area contributed by atoms with Crippen molar-refractivity contribution in [2.45, 2.75) is 39.2 Å². The first-order valence-corrected chi connectivity index (χ1v) is 9.06. The molecule has 0 aliphatic carbocycles. The van der Waals surface area contributed by atoms with E-state index in [9.17, 15) is 0 Å². The van der Waals surface area contributed by atoms with Crippen molar-refractivity contribution in [3.05, 3.63) is 23.9 Å². The molecule has 0 unspecified atom stereocenters. The van der Waals surface area contributed by atoms with Crippen molar-refractivity contribution in [3.8, 4) is 0 Å². The predicted molar refractivity (Wildman–Crippen MR) is 99.6 cm³/mol. The number of aliphatic imine (C=N–C) groups is 1. The number of anilines is 1. The lowest BCUT2D eigenvalue weighted by Crippen LogP contribution is -2.39. The van der Waals surface area contributed by atoms with Crippen LogP contribution in [0.4, 0.5) is 5.82 Å². The Morgan fingerprint density at radius 1 is 1.25 bits per heavy atom. The molecule has 0 spiro atoms. The summed E-state index contributed by atoms with van der Waals surface area (Å²) in [6, 6.07) is 4.11. The fourth-order valence-corrected chi connectivity index (χ4v) is 2.79. The van der Waals surface area contributed by atoms with Gasteiger partial charge in [-0.15, -0.1) is 0 Å². The summed E-state index contributed by atoms with van der Waals surface area (Å²) < 4.78 is 5.43. The summed E-state index contributed by atoms with van der Waals surface area (Å²) >= 11 is 0. The van der Waals surface area contributed by atoms with Gasteiger partial charge < -0.3 is 20.3 Å². The summed E-state index contributed by atoms with van der Waals surface area (Å²) in [5, 5.41) is 6.78. The zero-order valence-electron chi connectivity index (χ0n) is 15.1. The van der Waals surface area contributed by atoms with E-state index in [0.29, 0.717) is 0 Å². The topological polar surface area (TPSA) is 61.8 Å². The molecular weight excluding hydrogens is 302 g/mol. The number of aromatic nitrogens is 1. The average Bonchev–Trinajstić information content (AvgIpc) is 2.65. The summed E-state index contributed by atoms with van der Waals surface area (Å²) in [5.74, 6) is 1.90. The number of pyridine rings is 1. The highest BCUT2D eigenvalue weighted by atomic mass is 16.5. The van der Waals surface area contributed by atoms with Gasteiger partial charge in [-0.3, -0.25) is 4.99 Å². The fourth-order valence-electron chi connectivity index (χ4n) is 2.79. The predicted octanol–water partition coefficient (Wildman–Crippen LogP) is 2.16. The van der Waals surface area contributed by atoms with Gasteiger partial charge in [-0.25, -0.2) is 4.98 Å². The molecule has 0 radical (unpaired) electrons. The molecule has 0 atom stereocenters. The van der Waals surface area contributed by atoms with Gasteiger partial charge in [-0.2, -0.15) is 0 Å². The first-order chi connectivity index (χ1) is 11.8. The summed E-state index contributed by atoms with van der Waals surface area (Å²) in [5.41, 5.74) is 1.19. The molecule has 2 N–H and O–H groups in total. The van der Waals surface area contributed by atoms with E-state index >= 15 is 0 Å². The second-order valence-corrected chi connectivity index (χ2v) is 6.00.